The molecule has 0 aliphatic heterocycles. The summed E-state index contributed by atoms with van der Waals surface area (Å²) < 4.78 is 12.0. The number of amides is 1. The number of fused-ring (bicyclic) bond motifs is 1. The molecule has 0 spiro atoms. The molecule has 1 aromatic heterocycles. The summed E-state index contributed by atoms with van der Waals surface area (Å²) in [7, 11) is 0. The number of carbonyl (C=O) groups excluding carboxylic acids is 1. The van der Waals surface area contributed by atoms with E-state index in [2.05, 4.69) is 32.2 Å². The lowest BCUT2D eigenvalue weighted by Gasteiger charge is -2.33. The van der Waals surface area contributed by atoms with Gasteiger partial charge in [0.25, 0.3) is 5.91 Å². The maximum Gasteiger partial charge on any atom is 0.259 e. The number of nitrogens with zero attached hydrogens (tertiary/aromatic N) is 2. The van der Waals surface area contributed by atoms with Crippen LogP contribution < -0.4 is 14.8 Å². The number of halogens is 1. The minimum absolute atomic E-state index is 0.164. The molecule has 4 aromatic rings. The topological polar surface area (TPSA) is 83.7 Å². The number of hydrogen-bond donors (Lipinski definition) is 1. The van der Waals surface area contributed by atoms with Gasteiger partial charge in [0.15, 0.2) is 11.5 Å². The normalized spacial score (nSPS) is 14.6. The van der Waals surface area contributed by atoms with Crippen molar-refractivity contribution in [2.45, 2.75) is 53.6 Å². The van der Waals surface area contributed by atoms with Crippen molar-refractivity contribution >= 4 is 45.7 Å². The van der Waals surface area contributed by atoms with E-state index in [1.54, 1.807) is 47.9 Å². The first-order valence-electron chi connectivity index (χ1n) is 14.8. The molecule has 0 bridgehead atoms. The lowest BCUT2D eigenvalue weighted by molar-refractivity contribution is 0.102. The fourth-order valence-corrected chi connectivity index (χ4v) is 6.79. The molecule has 6 nitrogen and oxygen atoms in total. The van der Waals surface area contributed by atoms with Crippen LogP contribution in [0.3, 0.4) is 0 Å². The summed E-state index contributed by atoms with van der Waals surface area (Å²) in [4.78, 5) is 19.8. The molecule has 226 valence electrons. The highest BCUT2D eigenvalue weighted by Crippen LogP contribution is 2.45. The van der Waals surface area contributed by atoms with Crippen molar-refractivity contribution in [2.75, 3.05) is 11.9 Å². The molecule has 0 radical (unpaired) electrons. The molecule has 0 unspecified atom stereocenters. The number of hydrogen-bond acceptors (Lipinski definition) is 6. The van der Waals surface area contributed by atoms with Crippen LogP contribution in [-0.4, -0.2) is 18.7 Å². The molecule has 1 heterocycles. The second kappa shape index (κ2) is 13.7. The number of benzene rings is 3. The van der Waals surface area contributed by atoms with E-state index >= 15 is 0 Å². The molecule has 3 aromatic carbocycles. The third-order valence-corrected chi connectivity index (χ3v) is 9.33. The Morgan fingerprint density at radius 3 is 2.61 bits per heavy atom. The van der Waals surface area contributed by atoms with E-state index < -0.39 is 0 Å². The van der Waals surface area contributed by atoms with Gasteiger partial charge in [-0.1, -0.05) is 50.6 Å². The Balaban J connectivity index is 1.43. The first-order valence-corrected chi connectivity index (χ1v) is 16.0. The average molecular weight is 626 g/mol. The summed E-state index contributed by atoms with van der Waals surface area (Å²) >= 11 is 7.66. The molecule has 0 fully saturated rings. The summed E-state index contributed by atoms with van der Waals surface area (Å²) in [5, 5.41) is 13.8. The van der Waals surface area contributed by atoms with E-state index in [0.717, 1.165) is 36.0 Å². The summed E-state index contributed by atoms with van der Waals surface area (Å²) in [6, 6.07) is 22.4. The number of nitriles is 1. The van der Waals surface area contributed by atoms with Gasteiger partial charge in [0.1, 0.15) is 11.6 Å². The summed E-state index contributed by atoms with van der Waals surface area (Å²) in [6.45, 7) is 9.49. The molecule has 1 aliphatic rings. The van der Waals surface area contributed by atoms with Crippen molar-refractivity contribution in [2.24, 2.45) is 16.3 Å². The maximum atomic E-state index is 13.7. The smallest absolute Gasteiger partial charge is 0.259 e. The first-order chi connectivity index (χ1) is 21.2. The van der Waals surface area contributed by atoms with Crippen LogP contribution in [0.15, 0.2) is 71.7 Å². The van der Waals surface area contributed by atoms with E-state index in [9.17, 15) is 10.1 Å². The second-order valence-electron chi connectivity index (χ2n) is 11.9. The van der Waals surface area contributed by atoms with Crippen LogP contribution in [-0.2, 0) is 19.4 Å². The third-order valence-electron chi connectivity index (χ3n) is 7.92. The Bertz CT molecular complexity index is 1710. The third kappa shape index (κ3) is 7.32. The largest absolute Gasteiger partial charge is 0.490 e. The van der Waals surface area contributed by atoms with Crippen LogP contribution in [0.1, 0.15) is 71.6 Å². The van der Waals surface area contributed by atoms with Gasteiger partial charge in [0, 0.05) is 27.4 Å². The Kier molecular flexibility index (Phi) is 9.73. The zero-order chi connectivity index (χ0) is 31.3. The summed E-state index contributed by atoms with van der Waals surface area (Å²) in [5.41, 5.74) is 4.83. The zero-order valence-electron chi connectivity index (χ0n) is 25.4. The number of nitrogens with one attached hydrogen (secondary N) is 1. The van der Waals surface area contributed by atoms with Gasteiger partial charge in [-0.25, -0.2) is 4.99 Å². The number of rotatable bonds is 9. The predicted molar refractivity (Wildman–Crippen MR) is 179 cm³/mol. The van der Waals surface area contributed by atoms with E-state index in [0.29, 0.717) is 50.9 Å². The van der Waals surface area contributed by atoms with Crippen LogP contribution in [0.5, 0.6) is 11.5 Å². The molecule has 1 amide bonds. The van der Waals surface area contributed by atoms with Gasteiger partial charge in [-0.3, -0.25) is 4.79 Å². The van der Waals surface area contributed by atoms with Crippen molar-refractivity contribution in [3.8, 4) is 17.6 Å². The molecule has 8 heteroatoms. The van der Waals surface area contributed by atoms with Crippen LogP contribution in [0.25, 0.3) is 0 Å². The summed E-state index contributed by atoms with van der Waals surface area (Å²) in [5.74, 6) is 1.55. The maximum absolute atomic E-state index is 13.7. The number of thiophene rings is 1. The molecule has 1 aliphatic carbocycles. The Hall–Kier alpha value is -4.12. The van der Waals surface area contributed by atoms with Gasteiger partial charge >= 0.3 is 0 Å². The van der Waals surface area contributed by atoms with Gasteiger partial charge in [-0.15, -0.1) is 11.3 Å². The van der Waals surface area contributed by atoms with Crippen molar-refractivity contribution in [3.63, 3.8) is 0 Å². The molecular formula is C36H36ClN3O3S. The zero-order valence-corrected chi connectivity index (χ0v) is 27.0. The van der Waals surface area contributed by atoms with Crippen molar-refractivity contribution in [1.82, 2.24) is 0 Å². The molecule has 5 rings (SSSR count). The number of carbonyl (C=O) groups is 1. The van der Waals surface area contributed by atoms with E-state index in [1.807, 2.05) is 43.3 Å². The van der Waals surface area contributed by atoms with Crippen molar-refractivity contribution < 1.29 is 14.3 Å². The van der Waals surface area contributed by atoms with Crippen molar-refractivity contribution in [3.05, 3.63) is 104 Å². The minimum atomic E-state index is -0.164. The monoisotopic (exact) mass is 625 g/mol. The highest BCUT2D eigenvalue weighted by atomic mass is 35.5. The lowest BCUT2D eigenvalue weighted by Crippen LogP contribution is -2.27. The van der Waals surface area contributed by atoms with E-state index in [1.165, 1.54) is 4.88 Å². The first kappa shape index (κ1) is 31.3. The number of aliphatic imine (C=N–C) groups is 1. The van der Waals surface area contributed by atoms with Crippen LogP contribution in [0.4, 0.5) is 10.7 Å². The lowest BCUT2D eigenvalue weighted by atomic mass is 9.72. The molecule has 1 atom stereocenters. The quantitative estimate of drug-likeness (QED) is 0.188. The standard InChI is InChI=1S/C36H36ClN3O3S/c1-5-42-31-18-23(10-17-30(31)43-22-25-9-7-6-8-24(25)20-38)21-39-35-33(34(41)40-28-14-12-27(37)13-15-28)29-16-11-26(36(2,3)4)19-32(29)44-35/h6-10,12-15,17-18,21,26H,5,11,16,19,22H2,1-4H3,(H,40,41)/t26-/m0/s1. The molecule has 44 heavy (non-hydrogen) atoms. The van der Waals surface area contributed by atoms with Gasteiger partial charge in [-0.05, 0) is 97.2 Å². The van der Waals surface area contributed by atoms with Gasteiger partial charge < -0.3 is 14.8 Å². The van der Waals surface area contributed by atoms with Crippen LogP contribution >= 0.6 is 22.9 Å². The van der Waals surface area contributed by atoms with Gasteiger partial charge in [0.2, 0.25) is 0 Å². The SMILES string of the molecule is CCOc1cc(C=Nc2sc3c(c2C(=O)Nc2ccc(Cl)cc2)CC[C@H](C(C)(C)C)C3)ccc1OCc1ccccc1C#N. The van der Waals surface area contributed by atoms with Crippen LogP contribution in [0, 0.1) is 22.7 Å². The van der Waals surface area contributed by atoms with E-state index in [4.69, 9.17) is 26.1 Å². The van der Waals surface area contributed by atoms with Gasteiger partial charge in [-0.2, -0.15) is 5.26 Å². The Morgan fingerprint density at radius 1 is 1.11 bits per heavy atom. The molecule has 0 saturated heterocycles. The highest BCUT2D eigenvalue weighted by molar-refractivity contribution is 7.16. The molecule has 0 saturated carbocycles. The fraction of sp³-hybridized carbons (Fsp3) is 0.306. The van der Waals surface area contributed by atoms with Crippen molar-refractivity contribution in [1.29, 1.82) is 5.26 Å². The second-order valence-corrected chi connectivity index (χ2v) is 13.4. The fourth-order valence-electron chi connectivity index (χ4n) is 5.40. The van der Waals surface area contributed by atoms with Crippen LogP contribution in [0.2, 0.25) is 5.02 Å². The van der Waals surface area contributed by atoms with Gasteiger partial charge in [0.05, 0.1) is 23.8 Å². The Morgan fingerprint density at radius 2 is 1.89 bits per heavy atom. The average Bonchev–Trinajstić information content (AvgIpc) is 3.38. The highest BCUT2D eigenvalue weighted by Gasteiger charge is 2.33. The minimum Gasteiger partial charge on any atom is -0.490 e. The predicted octanol–water partition coefficient (Wildman–Crippen LogP) is 9.40. The molecule has 1 N–H and O–H groups in total. The Labute approximate surface area is 268 Å². The van der Waals surface area contributed by atoms with E-state index in [-0.39, 0.29) is 17.9 Å². The summed E-state index contributed by atoms with van der Waals surface area (Å²) in [6.07, 6.45) is 4.60. The molecular weight excluding hydrogens is 590 g/mol. The number of anilines is 1. The number of ether oxygens (including phenoxy) is 2.